The van der Waals surface area contributed by atoms with Gasteiger partial charge in [-0.3, -0.25) is 14.5 Å². The van der Waals surface area contributed by atoms with Crippen LogP contribution in [0.15, 0.2) is 24.3 Å². The van der Waals surface area contributed by atoms with Crippen LogP contribution in [0.4, 0.5) is 10.2 Å². The number of imidazole rings is 1. The molecule has 8 nitrogen and oxygen atoms in total. The predicted octanol–water partition coefficient (Wildman–Crippen LogP) is 3.05. The van der Waals surface area contributed by atoms with Crippen LogP contribution >= 0.6 is 11.5 Å². The summed E-state index contributed by atoms with van der Waals surface area (Å²) >= 11 is 1.25. The number of rotatable bonds is 3. The van der Waals surface area contributed by atoms with Crippen molar-refractivity contribution in [2.45, 2.75) is 33.4 Å². The van der Waals surface area contributed by atoms with Gasteiger partial charge in [-0.2, -0.15) is 4.37 Å². The maximum atomic E-state index is 13.3. The van der Waals surface area contributed by atoms with E-state index in [2.05, 4.69) is 9.36 Å². The van der Waals surface area contributed by atoms with Gasteiger partial charge < -0.3 is 9.47 Å². The Kier molecular flexibility index (Phi) is 5.10. The average molecular weight is 428 g/mol. The van der Waals surface area contributed by atoms with Crippen molar-refractivity contribution in [1.29, 1.82) is 0 Å². The van der Waals surface area contributed by atoms with Gasteiger partial charge >= 0.3 is 0 Å². The fourth-order valence-electron chi connectivity index (χ4n) is 3.62. The second-order valence-corrected chi connectivity index (χ2v) is 7.95. The minimum absolute atomic E-state index is 0.162. The quantitative estimate of drug-likeness (QED) is 0.640. The summed E-state index contributed by atoms with van der Waals surface area (Å²) in [5.41, 5.74) is 1.18. The van der Waals surface area contributed by atoms with Gasteiger partial charge in [0.05, 0.1) is 11.7 Å². The summed E-state index contributed by atoms with van der Waals surface area (Å²) in [6.07, 6.45) is 0. The molecule has 3 aromatic rings. The van der Waals surface area contributed by atoms with Crippen molar-refractivity contribution in [2.75, 3.05) is 18.5 Å². The van der Waals surface area contributed by atoms with E-state index in [0.29, 0.717) is 41.1 Å². The van der Waals surface area contributed by atoms with E-state index in [1.165, 1.54) is 47.6 Å². The minimum atomic E-state index is -0.390. The van der Waals surface area contributed by atoms with E-state index >= 15 is 0 Å². The highest BCUT2D eigenvalue weighted by atomic mass is 32.1. The van der Waals surface area contributed by atoms with Gasteiger partial charge in [0, 0.05) is 32.6 Å². The Hall–Kier alpha value is -3.14. The smallest absolute Gasteiger partial charge is 0.254 e. The molecule has 1 unspecified atom stereocenters. The average Bonchev–Trinajstić information content (AvgIpc) is 3.31. The molecular weight excluding hydrogens is 407 g/mol. The van der Waals surface area contributed by atoms with E-state index in [9.17, 15) is 14.0 Å². The van der Waals surface area contributed by atoms with Gasteiger partial charge in [0.2, 0.25) is 5.91 Å². The molecule has 0 saturated heterocycles. The zero-order chi connectivity index (χ0) is 21.6. The zero-order valence-corrected chi connectivity index (χ0v) is 17.9. The first-order valence-electron chi connectivity index (χ1n) is 9.50. The number of halogens is 1. The Morgan fingerprint density at radius 3 is 2.50 bits per heavy atom. The number of carbonyl (C=O) groups excluding carboxylic acids is 2. The molecule has 30 heavy (non-hydrogen) atoms. The van der Waals surface area contributed by atoms with Crippen molar-refractivity contribution in [1.82, 2.24) is 23.8 Å². The Morgan fingerprint density at radius 2 is 1.90 bits per heavy atom. The van der Waals surface area contributed by atoms with Crippen molar-refractivity contribution in [2.24, 2.45) is 0 Å². The molecule has 4 rings (SSSR count). The third-order valence-corrected chi connectivity index (χ3v) is 6.08. The third-order valence-electron chi connectivity index (χ3n) is 5.28. The number of anilines is 1. The van der Waals surface area contributed by atoms with Crippen LogP contribution < -0.4 is 4.90 Å². The summed E-state index contributed by atoms with van der Waals surface area (Å²) in [6.45, 7) is 6.14. The SMILES string of the molecule is CC(=O)N(C)c1nc(-c2nc(C)ns2)n2c1C(C)N(C(=O)c1ccc(F)cc1)CC2. The second-order valence-electron chi connectivity index (χ2n) is 7.20. The summed E-state index contributed by atoms with van der Waals surface area (Å²) in [7, 11) is 1.66. The van der Waals surface area contributed by atoms with Crippen LogP contribution in [-0.2, 0) is 11.3 Å². The lowest BCUT2D eigenvalue weighted by atomic mass is 10.1. The number of carbonyl (C=O) groups is 2. The molecule has 0 radical (unpaired) electrons. The van der Waals surface area contributed by atoms with E-state index in [1.54, 1.807) is 11.9 Å². The van der Waals surface area contributed by atoms with E-state index in [4.69, 9.17) is 4.98 Å². The molecule has 0 N–H and O–H groups in total. The van der Waals surface area contributed by atoms with Crippen LogP contribution in [0.3, 0.4) is 0 Å². The lowest BCUT2D eigenvalue weighted by Gasteiger charge is -2.36. The number of aryl methyl sites for hydroxylation is 1. The fourth-order valence-corrected chi connectivity index (χ4v) is 4.29. The van der Waals surface area contributed by atoms with Crippen molar-refractivity contribution < 1.29 is 14.0 Å². The molecule has 10 heteroatoms. The zero-order valence-electron chi connectivity index (χ0n) is 17.1. The molecule has 0 bridgehead atoms. The van der Waals surface area contributed by atoms with Crippen LogP contribution in [0.2, 0.25) is 0 Å². The minimum Gasteiger partial charge on any atom is -0.328 e. The first kappa shape index (κ1) is 20.1. The molecule has 0 saturated carbocycles. The predicted molar refractivity (Wildman–Crippen MR) is 111 cm³/mol. The third kappa shape index (κ3) is 3.36. The van der Waals surface area contributed by atoms with E-state index in [0.717, 1.165) is 5.69 Å². The Morgan fingerprint density at radius 1 is 1.20 bits per heavy atom. The van der Waals surface area contributed by atoms with Gasteiger partial charge in [-0.15, -0.1) is 0 Å². The van der Waals surface area contributed by atoms with Gasteiger partial charge in [-0.05, 0) is 49.6 Å². The maximum absolute atomic E-state index is 13.3. The summed E-state index contributed by atoms with van der Waals surface area (Å²) in [5, 5.41) is 0.669. The summed E-state index contributed by atoms with van der Waals surface area (Å²) in [5.74, 6) is 1.04. The van der Waals surface area contributed by atoms with Gasteiger partial charge in [0.1, 0.15) is 11.6 Å². The number of hydrogen-bond donors (Lipinski definition) is 0. The van der Waals surface area contributed by atoms with Crippen LogP contribution in [0, 0.1) is 12.7 Å². The number of nitrogens with zero attached hydrogens (tertiary/aromatic N) is 6. The fraction of sp³-hybridized carbons (Fsp3) is 0.350. The highest BCUT2D eigenvalue weighted by Crippen LogP contribution is 2.38. The van der Waals surface area contributed by atoms with Crippen molar-refractivity contribution in [3.05, 3.63) is 47.2 Å². The molecule has 0 aliphatic carbocycles. The molecule has 3 heterocycles. The van der Waals surface area contributed by atoms with Crippen molar-refractivity contribution in [3.8, 4) is 10.8 Å². The monoisotopic (exact) mass is 428 g/mol. The van der Waals surface area contributed by atoms with E-state index in [1.807, 2.05) is 18.4 Å². The number of fused-ring (bicyclic) bond motifs is 1. The van der Waals surface area contributed by atoms with Gasteiger partial charge in [0.15, 0.2) is 16.6 Å². The number of aromatic nitrogens is 4. The lowest BCUT2D eigenvalue weighted by Crippen LogP contribution is -2.41. The second kappa shape index (κ2) is 7.60. The van der Waals surface area contributed by atoms with Crippen molar-refractivity contribution in [3.63, 3.8) is 0 Å². The molecule has 1 aliphatic rings. The van der Waals surface area contributed by atoms with Crippen LogP contribution in [0.5, 0.6) is 0 Å². The van der Waals surface area contributed by atoms with Gasteiger partial charge in [-0.25, -0.2) is 14.4 Å². The largest absolute Gasteiger partial charge is 0.328 e. The molecule has 0 fully saturated rings. The molecule has 2 aromatic heterocycles. The summed E-state index contributed by atoms with van der Waals surface area (Å²) in [4.78, 5) is 37.5. The highest BCUT2D eigenvalue weighted by Gasteiger charge is 2.36. The summed E-state index contributed by atoms with van der Waals surface area (Å²) < 4.78 is 19.5. The van der Waals surface area contributed by atoms with Crippen LogP contribution in [0.25, 0.3) is 10.8 Å². The van der Waals surface area contributed by atoms with Crippen LogP contribution in [0.1, 0.15) is 41.8 Å². The number of benzene rings is 1. The first-order chi connectivity index (χ1) is 14.3. The lowest BCUT2D eigenvalue weighted by molar-refractivity contribution is -0.116. The van der Waals surface area contributed by atoms with Crippen molar-refractivity contribution >= 4 is 29.2 Å². The van der Waals surface area contributed by atoms with Gasteiger partial charge in [-0.1, -0.05) is 0 Å². The standard InChI is InChI=1S/C20H21FN6O2S/c1-11-16-17(25(4)13(3)28)23-18(19-22-12(2)24-30-19)27(16)10-9-26(11)20(29)14-5-7-15(21)8-6-14/h5-8,11H,9-10H2,1-4H3. The Labute approximate surface area is 177 Å². The molecule has 1 aliphatic heterocycles. The Bertz CT molecular complexity index is 1120. The molecular formula is C20H21FN6O2S. The normalized spacial score (nSPS) is 15.8. The maximum Gasteiger partial charge on any atom is 0.254 e. The molecule has 2 amide bonds. The Balaban J connectivity index is 1.78. The van der Waals surface area contributed by atoms with Crippen LogP contribution in [-0.4, -0.2) is 49.2 Å². The molecule has 1 atom stereocenters. The molecule has 0 spiro atoms. The number of amides is 2. The topological polar surface area (TPSA) is 84.2 Å². The first-order valence-corrected chi connectivity index (χ1v) is 10.3. The van der Waals surface area contributed by atoms with E-state index in [-0.39, 0.29) is 17.9 Å². The summed E-state index contributed by atoms with van der Waals surface area (Å²) in [6, 6.07) is 5.17. The highest BCUT2D eigenvalue weighted by molar-refractivity contribution is 7.09. The van der Waals surface area contributed by atoms with E-state index < -0.39 is 5.82 Å². The van der Waals surface area contributed by atoms with Gasteiger partial charge in [0.25, 0.3) is 5.91 Å². The number of hydrogen-bond acceptors (Lipinski definition) is 6. The molecule has 156 valence electrons. The molecule has 1 aromatic carbocycles.